The van der Waals surface area contributed by atoms with Crippen molar-refractivity contribution in [3.05, 3.63) is 39.8 Å². The molecule has 25 heavy (non-hydrogen) atoms. The van der Waals surface area contributed by atoms with Gasteiger partial charge in [-0.15, -0.1) is 11.3 Å². The average molecular weight is 359 g/mol. The first-order valence-corrected chi connectivity index (χ1v) is 9.99. The minimum absolute atomic E-state index is 0.0405. The molecule has 1 N–H and O–H groups in total. The van der Waals surface area contributed by atoms with E-state index in [1.54, 1.807) is 11.3 Å². The number of nitrogens with zero attached hydrogens (tertiary/aromatic N) is 3. The van der Waals surface area contributed by atoms with Gasteiger partial charge in [0, 0.05) is 42.3 Å². The lowest BCUT2D eigenvalue weighted by Crippen LogP contribution is -2.35. The Morgan fingerprint density at radius 3 is 2.96 bits per heavy atom. The Morgan fingerprint density at radius 2 is 2.24 bits per heavy atom. The molecule has 2 aromatic rings. The van der Waals surface area contributed by atoms with Gasteiger partial charge in [0.2, 0.25) is 11.9 Å². The van der Waals surface area contributed by atoms with Crippen LogP contribution in [0, 0.1) is 5.92 Å². The molecule has 0 fully saturated rings. The van der Waals surface area contributed by atoms with Crippen LogP contribution < -0.4 is 10.2 Å². The third-order valence-corrected chi connectivity index (χ3v) is 5.74. The molecule has 6 heteroatoms. The van der Waals surface area contributed by atoms with E-state index in [-0.39, 0.29) is 11.8 Å². The fourth-order valence-corrected chi connectivity index (χ4v) is 4.00. The van der Waals surface area contributed by atoms with Crippen LogP contribution >= 0.6 is 11.3 Å². The zero-order valence-corrected chi connectivity index (χ0v) is 15.8. The van der Waals surface area contributed by atoms with E-state index in [1.807, 2.05) is 12.3 Å². The topological polar surface area (TPSA) is 58.1 Å². The minimum atomic E-state index is 0.0405. The molecule has 0 bridgehead atoms. The van der Waals surface area contributed by atoms with E-state index in [4.69, 9.17) is 4.98 Å². The highest BCUT2D eigenvalue weighted by Crippen LogP contribution is 2.25. The van der Waals surface area contributed by atoms with E-state index in [9.17, 15) is 4.79 Å². The molecule has 1 amide bonds. The zero-order chi connectivity index (χ0) is 17.6. The average Bonchev–Trinajstić information content (AvgIpc) is 3.15. The van der Waals surface area contributed by atoms with Crippen LogP contribution in [-0.2, 0) is 24.1 Å². The SMILES string of the molecule is CCN(CC)c1ncc2c(n1)CC[C@H](C(=O)NCCc1cccs1)C2. The first-order valence-electron chi connectivity index (χ1n) is 9.11. The number of hydrogen-bond donors (Lipinski definition) is 1. The van der Waals surface area contributed by atoms with E-state index < -0.39 is 0 Å². The van der Waals surface area contributed by atoms with Crippen LogP contribution in [0.2, 0.25) is 0 Å². The Bertz CT molecular complexity index is 697. The molecule has 0 unspecified atom stereocenters. The van der Waals surface area contributed by atoms with E-state index in [1.165, 1.54) is 4.88 Å². The number of aromatic nitrogens is 2. The maximum Gasteiger partial charge on any atom is 0.225 e. The summed E-state index contributed by atoms with van der Waals surface area (Å²) >= 11 is 1.74. The van der Waals surface area contributed by atoms with Crippen LogP contribution in [-0.4, -0.2) is 35.5 Å². The Morgan fingerprint density at radius 1 is 1.40 bits per heavy atom. The second-order valence-corrected chi connectivity index (χ2v) is 7.41. The zero-order valence-electron chi connectivity index (χ0n) is 15.0. The molecule has 1 aliphatic carbocycles. The summed E-state index contributed by atoms with van der Waals surface area (Å²) in [5, 5.41) is 5.16. The van der Waals surface area contributed by atoms with Crippen molar-refractivity contribution in [1.82, 2.24) is 15.3 Å². The van der Waals surface area contributed by atoms with Crippen molar-refractivity contribution in [3.8, 4) is 0 Å². The van der Waals surface area contributed by atoms with Gasteiger partial charge in [-0.25, -0.2) is 9.97 Å². The summed E-state index contributed by atoms with van der Waals surface area (Å²) in [7, 11) is 0. The second kappa shape index (κ2) is 8.43. The van der Waals surface area contributed by atoms with Crippen LogP contribution in [0.5, 0.6) is 0 Å². The molecule has 0 saturated heterocycles. The number of fused-ring (bicyclic) bond motifs is 1. The third kappa shape index (κ3) is 4.37. The Hall–Kier alpha value is -1.95. The second-order valence-electron chi connectivity index (χ2n) is 6.37. The number of carbonyl (C=O) groups excluding carboxylic acids is 1. The molecule has 134 valence electrons. The highest BCUT2D eigenvalue weighted by atomic mass is 32.1. The predicted molar refractivity (Wildman–Crippen MR) is 102 cm³/mol. The molecule has 2 aromatic heterocycles. The first-order chi connectivity index (χ1) is 12.2. The van der Waals surface area contributed by atoms with Crippen molar-refractivity contribution in [1.29, 1.82) is 0 Å². The van der Waals surface area contributed by atoms with Crippen molar-refractivity contribution < 1.29 is 4.79 Å². The summed E-state index contributed by atoms with van der Waals surface area (Å²) in [5.74, 6) is 1.01. The molecule has 0 aliphatic heterocycles. The number of aryl methyl sites for hydroxylation is 1. The summed E-state index contributed by atoms with van der Waals surface area (Å²) in [6, 6.07) is 4.16. The highest BCUT2D eigenvalue weighted by molar-refractivity contribution is 7.09. The molecule has 0 aromatic carbocycles. The van der Waals surface area contributed by atoms with Gasteiger partial charge in [-0.1, -0.05) is 6.07 Å². The lowest BCUT2D eigenvalue weighted by atomic mass is 9.86. The molecule has 1 aliphatic rings. The fraction of sp³-hybridized carbons (Fsp3) is 0.526. The van der Waals surface area contributed by atoms with Gasteiger partial charge in [-0.2, -0.15) is 0 Å². The van der Waals surface area contributed by atoms with Gasteiger partial charge in [0.05, 0.1) is 0 Å². The molecule has 0 saturated carbocycles. The molecule has 1 atom stereocenters. The fourth-order valence-electron chi connectivity index (χ4n) is 3.29. The largest absolute Gasteiger partial charge is 0.355 e. The quantitative estimate of drug-likeness (QED) is 0.827. The summed E-state index contributed by atoms with van der Waals surface area (Å²) in [5.41, 5.74) is 2.24. The van der Waals surface area contributed by atoms with Crippen molar-refractivity contribution >= 4 is 23.2 Å². The van der Waals surface area contributed by atoms with Crippen molar-refractivity contribution in [3.63, 3.8) is 0 Å². The Labute approximate surface area is 153 Å². The number of thiophene rings is 1. The van der Waals surface area contributed by atoms with Crippen molar-refractivity contribution in [2.24, 2.45) is 5.92 Å². The van der Waals surface area contributed by atoms with E-state index in [2.05, 4.69) is 40.5 Å². The van der Waals surface area contributed by atoms with Gasteiger partial charge in [0.15, 0.2) is 0 Å². The summed E-state index contributed by atoms with van der Waals surface area (Å²) in [6.07, 6.45) is 5.30. The molecule has 5 nitrogen and oxygen atoms in total. The normalized spacial score (nSPS) is 16.3. The minimum Gasteiger partial charge on any atom is -0.355 e. The third-order valence-electron chi connectivity index (χ3n) is 4.81. The lowest BCUT2D eigenvalue weighted by Gasteiger charge is -2.25. The molecular formula is C19H26N4OS. The first kappa shape index (κ1) is 17.9. The van der Waals surface area contributed by atoms with E-state index >= 15 is 0 Å². The van der Waals surface area contributed by atoms with Gasteiger partial charge in [-0.3, -0.25) is 4.79 Å². The van der Waals surface area contributed by atoms with Crippen molar-refractivity contribution in [2.45, 2.75) is 39.5 Å². The van der Waals surface area contributed by atoms with Gasteiger partial charge < -0.3 is 10.2 Å². The van der Waals surface area contributed by atoms with Crippen LogP contribution in [0.25, 0.3) is 0 Å². The maximum atomic E-state index is 12.4. The standard InChI is InChI=1S/C19H26N4OS/c1-3-23(4-2)19-21-13-15-12-14(7-8-17(15)22-19)18(24)20-10-9-16-6-5-11-25-16/h5-6,11,13-14H,3-4,7-10,12H2,1-2H3,(H,20,24)/t14-/m0/s1. The molecule has 0 radical (unpaired) electrons. The number of rotatable bonds is 7. The predicted octanol–water partition coefficient (Wildman–Crippen LogP) is 2.85. The lowest BCUT2D eigenvalue weighted by molar-refractivity contribution is -0.125. The smallest absolute Gasteiger partial charge is 0.225 e. The number of nitrogens with one attached hydrogen (secondary N) is 1. The Balaban J connectivity index is 1.56. The number of amides is 1. The molecule has 3 rings (SSSR count). The summed E-state index contributed by atoms with van der Waals surface area (Å²) < 4.78 is 0. The van der Waals surface area contributed by atoms with Gasteiger partial charge >= 0.3 is 0 Å². The van der Waals surface area contributed by atoms with E-state index in [0.29, 0.717) is 6.54 Å². The monoisotopic (exact) mass is 358 g/mol. The van der Waals surface area contributed by atoms with Crippen molar-refractivity contribution in [2.75, 3.05) is 24.5 Å². The highest BCUT2D eigenvalue weighted by Gasteiger charge is 2.26. The summed E-state index contributed by atoms with van der Waals surface area (Å²) in [6.45, 7) is 6.75. The van der Waals surface area contributed by atoms with Crippen LogP contribution in [0.4, 0.5) is 5.95 Å². The number of hydrogen-bond acceptors (Lipinski definition) is 5. The maximum absolute atomic E-state index is 12.4. The summed E-state index contributed by atoms with van der Waals surface area (Å²) in [4.78, 5) is 25.2. The Kier molecular flexibility index (Phi) is 6.02. The number of carbonyl (C=O) groups is 1. The van der Waals surface area contributed by atoms with Gasteiger partial charge in [0.1, 0.15) is 0 Å². The van der Waals surface area contributed by atoms with Crippen LogP contribution in [0.15, 0.2) is 23.7 Å². The van der Waals surface area contributed by atoms with Gasteiger partial charge in [-0.05, 0) is 56.5 Å². The van der Waals surface area contributed by atoms with Gasteiger partial charge in [0.25, 0.3) is 0 Å². The number of anilines is 1. The van der Waals surface area contributed by atoms with E-state index in [0.717, 1.165) is 56.0 Å². The van der Waals surface area contributed by atoms with Crippen LogP contribution in [0.1, 0.15) is 36.4 Å². The molecule has 0 spiro atoms. The molecular weight excluding hydrogens is 332 g/mol. The molecule has 2 heterocycles. The van der Waals surface area contributed by atoms with Crippen LogP contribution in [0.3, 0.4) is 0 Å².